The molecule has 1 aromatic rings. The predicted molar refractivity (Wildman–Crippen MR) is 73.5 cm³/mol. The highest BCUT2D eigenvalue weighted by atomic mass is 16.5. The third kappa shape index (κ3) is 2.39. The van der Waals surface area contributed by atoms with Crippen LogP contribution in [0.25, 0.3) is 0 Å². The second-order valence-electron chi connectivity index (χ2n) is 5.75. The SMILES string of the molecule is CCOC(=O)C12CCN(Cc3ccccc3)CC1C2. The van der Waals surface area contributed by atoms with Crippen LogP contribution >= 0.6 is 0 Å². The first kappa shape index (κ1) is 12.7. The first-order chi connectivity index (χ1) is 9.24. The first-order valence-electron chi connectivity index (χ1n) is 7.18. The van der Waals surface area contributed by atoms with Gasteiger partial charge in [-0.2, -0.15) is 0 Å². The van der Waals surface area contributed by atoms with Crippen molar-refractivity contribution in [1.82, 2.24) is 4.90 Å². The lowest BCUT2D eigenvalue weighted by molar-refractivity contribution is -0.151. The summed E-state index contributed by atoms with van der Waals surface area (Å²) < 4.78 is 5.22. The van der Waals surface area contributed by atoms with E-state index in [-0.39, 0.29) is 11.4 Å². The molecular formula is C16H21NO2. The second kappa shape index (κ2) is 4.97. The third-order valence-electron chi connectivity index (χ3n) is 4.52. The third-order valence-corrected chi connectivity index (χ3v) is 4.52. The zero-order valence-corrected chi connectivity index (χ0v) is 11.5. The summed E-state index contributed by atoms with van der Waals surface area (Å²) in [7, 11) is 0. The van der Waals surface area contributed by atoms with Gasteiger partial charge < -0.3 is 4.74 Å². The van der Waals surface area contributed by atoms with Gasteiger partial charge in [0.15, 0.2) is 0 Å². The van der Waals surface area contributed by atoms with Crippen molar-refractivity contribution in [3.05, 3.63) is 35.9 Å². The van der Waals surface area contributed by atoms with E-state index in [0.29, 0.717) is 12.5 Å². The Morgan fingerprint density at radius 3 is 2.89 bits per heavy atom. The zero-order chi connectivity index (χ0) is 13.3. The number of nitrogens with zero attached hydrogens (tertiary/aromatic N) is 1. The Bertz CT molecular complexity index is 459. The smallest absolute Gasteiger partial charge is 0.312 e. The van der Waals surface area contributed by atoms with Gasteiger partial charge in [-0.05, 0) is 37.8 Å². The Morgan fingerprint density at radius 2 is 2.21 bits per heavy atom. The van der Waals surface area contributed by atoms with E-state index >= 15 is 0 Å². The molecule has 1 heterocycles. The van der Waals surface area contributed by atoms with Crippen LogP contribution in [-0.4, -0.2) is 30.6 Å². The van der Waals surface area contributed by atoms with Crippen molar-refractivity contribution < 1.29 is 9.53 Å². The molecule has 2 aliphatic rings. The molecular weight excluding hydrogens is 238 g/mol. The molecule has 3 nitrogen and oxygen atoms in total. The number of carbonyl (C=O) groups is 1. The fourth-order valence-electron chi connectivity index (χ4n) is 3.30. The molecule has 0 amide bonds. The van der Waals surface area contributed by atoms with Crippen molar-refractivity contribution in [3.8, 4) is 0 Å². The standard InChI is InChI=1S/C16H21NO2/c1-2-19-15(18)16-8-9-17(12-14(16)10-16)11-13-6-4-3-5-7-13/h3-7,14H,2,8-12H2,1H3. The number of hydrogen-bond donors (Lipinski definition) is 0. The molecule has 0 radical (unpaired) electrons. The van der Waals surface area contributed by atoms with E-state index in [0.717, 1.165) is 32.5 Å². The van der Waals surface area contributed by atoms with Gasteiger partial charge in [0.25, 0.3) is 0 Å². The van der Waals surface area contributed by atoms with Crippen molar-refractivity contribution >= 4 is 5.97 Å². The first-order valence-corrected chi connectivity index (χ1v) is 7.18. The molecule has 0 N–H and O–H groups in total. The van der Waals surface area contributed by atoms with Gasteiger partial charge in [-0.25, -0.2) is 0 Å². The van der Waals surface area contributed by atoms with Crippen LogP contribution in [0, 0.1) is 11.3 Å². The highest BCUT2D eigenvalue weighted by Crippen LogP contribution is 2.58. The lowest BCUT2D eigenvalue weighted by Gasteiger charge is -2.30. The molecule has 0 bridgehead atoms. The number of hydrogen-bond acceptors (Lipinski definition) is 3. The van der Waals surface area contributed by atoms with Crippen LogP contribution in [0.5, 0.6) is 0 Å². The van der Waals surface area contributed by atoms with Gasteiger partial charge in [-0.15, -0.1) is 0 Å². The van der Waals surface area contributed by atoms with Gasteiger partial charge >= 0.3 is 5.97 Å². The van der Waals surface area contributed by atoms with Gasteiger partial charge in [0.05, 0.1) is 12.0 Å². The largest absolute Gasteiger partial charge is 0.466 e. The monoisotopic (exact) mass is 259 g/mol. The minimum Gasteiger partial charge on any atom is -0.466 e. The summed E-state index contributed by atoms with van der Waals surface area (Å²) in [5.41, 5.74) is 1.23. The van der Waals surface area contributed by atoms with Gasteiger partial charge in [0.1, 0.15) is 0 Å². The van der Waals surface area contributed by atoms with Crippen LogP contribution in [0.4, 0.5) is 0 Å². The van der Waals surface area contributed by atoms with Crippen LogP contribution in [-0.2, 0) is 16.1 Å². The molecule has 1 aliphatic carbocycles. The van der Waals surface area contributed by atoms with E-state index in [1.807, 2.05) is 13.0 Å². The van der Waals surface area contributed by atoms with Crippen molar-refractivity contribution in [1.29, 1.82) is 0 Å². The fraction of sp³-hybridized carbons (Fsp3) is 0.562. The molecule has 3 heteroatoms. The Labute approximate surface area is 114 Å². The highest BCUT2D eigenvalue weighted by molar-refractivity contribution is 5.81. The number of benzene rings is 1. The molecule has 2 fully saturated rings. The Kier molecular flexibility index (Phi) is 3.31. The average molecular weight is 259 g/mol. The van der Waals surface area contributed by atoms with Crippen molar-refractivity contribution in [3.63, 3.8) is 0 Å². The van der Waals surface area contributed by atoms with Crippen molar-refractivity contribution in [2.24, 2.45) is 11.3 Å². The number of likely N-dealkylation sites (tertiary alicyclic amines) is 1. The quantitative estimate of drug-likeness (QED) is 0.778. The van der Waals surface area contributed by atoms with Gasteiger partial charge in [0, 0.05) is 13.1 Å². The molecule has 1 saturated carbocycles. The van der Waals surface area contributed by atoms with E-state index in [4.69, 9.17) is 4.74 Å². The van der Waals surface area contributed by atoms with E-state index in [1.165, 1.54) is 5.56 Å². The number of esters is 1. The summed E-state index contributed by atoms with van der Waals surface area (Å²) >= 11 is 0. The van der Waals surface area contributed by atoms with E-state index in [9.17, 15) is 4.79 Å². The predicted octanol–water partition coefficient (Wildman–Crippen LogP) is 2.46. The van der Waals surface area contributed by atoms with Gasteiger partial charge in [-0.3, -0.25) is 9.69 Å². The molecule has 3 rings (SSSR count). The molecule has 19 heavy (non-hydrogen) atoms. The van der Waals surface area contributed by atoms with Crippen LogP contribution in [0.1, 0.15) is 25.3 Å². The Hall–Kier alpha value is -1.35. The molecule has 2 atom stereocenters. The van der Waals surface area contributed by atoms with Crippen LogP contribution < -0.4 is 0 Å². The normalized spacial score (nSPS) is 29.6. The summed E-state index contributed by atoms with van der Waals surface area (Å²) in [4.78, 5) is 14.4. The summed E-state index contributed by atoms with van der Waals surface area (Å²) in [6.07, 6.45) is 1.99. The minimum absolute atomic E-state index is 0.0411. The Morgan fingerprint density at radius 1 is 1.42 bits per heavy atom. The topological polar surface area (TPSA) is 29.5 Å². The lowest BCUT2D eigenvalue weighted by Crippen LogP contribution is -2.38. The zero-order valence-electron chi connectivity index (χ0n) is 11.5. The van der Waals surface area contributed by atoms with Crippen LogP contribution in [0.3, 0.4) is 0 Å². The molecule has 0 aromatic heterocycles. The summed E-state index contributed by atoms with van der Waals surface area (Å²) in [6.45, 7) is 5.42. The molecule has 2 unspecified atom stereocenters. The maximum atomic E-state index is 12.0. The molecule has 0 spiro atoms. The summed E-state index contributed by atoms with van der Waals surface area (Å²) in [5.74, 6) is 0.559. The van der Waals surface area contributed by atoms with Crippen molar-refractivity contribution in [2.75, 3.05) is 19.7 Å². The molecule has 1 aliphatic heterocycles. The van der Waals surface area contributed by atoms with E-state index in [1.54, 1.807) is 0 Å². The number of piperidine rings is 1. The van der Waals surface area contributed by atoms with Crippen LogP contribution in [0.15, 0.2) is 30.3 Å². The maximum absolute atomic E-state index is 12.0. The fourth-order valence-corrected chi connectivity index (χ4v) is 3.30. The van der Waals surface area contributed by atoms with Gasteiger partial charge in [0.2, 0.25) is 0 Å². The second-order valence-corrected chi connectivity index (χ2v) is 5.75. The van der Waals surface area contributed by atoms with Crippen LogP contribution in [0.2, 0.25) is 0 Å². The molecule has 1 saturated heterocycles. The average Bonchev–Trinajstić information content (AvgIpc) is 3.15. The minimum atomic E-state index is -0.122. The summed E-state index contributed by atoms with van der Waals surface area (Å²) in [5, 5.41) is 0. The van der Waals surface area contributed by atoms with E-state index < -0.39 is 0 Å². The number of carbonyl (C=O) groups excluding carboxylic acids is 1. The highest BCUT2D eigenvalue weighted by Gasteiger charge is 2.62. The molecule has 102 valence electrons. The maximum Gasteiger partial charge on any atom is 0.312 e. The van der Waals surface area contributed by atoms with E-state index in [2.05, 4.69) is 29.2 Å². The Balaban J connectivity index is 1.57. The van der Waals surface area contributed by atoms with Crippen molar-refractivity contribution in [2.45, 2.75) is 26.3 Å². The lowest BCUT2D eigenvalue weighted by atomic mass is 9.95. The number of rotatable bonds is 4. The molecule has 1 aromatic carbocycles. The van der Waals surface area contributed by atoms with Gasteiger partial charge in [-0.1, -0.05) is 30.3 Å². The summed E-state index contributed by atoms with van der Waals surface area (Å²) in [6, 6.07) is 10.5. The number of ether oxygens (including phenoxy) is 1. The number of fused-ring (bicyclic) bond motifs is 1.